The summed E-state index contributed by atoms with van der Waals surface area (Å²) in [6.45, 7) is 5.81. The smallest absolute Gasteiger partial charge is 0.341 e. The number of esters is 1. The van der Waals surface area contributed by atoms with Gasteiger partial charge in [0.05, 0.1) is 24.0 Å². The summed E-state index contributed by atoms with van der Waals surface area (Å²) in [5, 5.41) is 12.6. The van der Waals surface area contributed by atoms with Gasteiger partial charge < -0.3 is 15.2 Å². The lowest BCUT2D eigenvalue weighted by atomic mass is 9.82. The number of aryl methyl sites for hydroxylation is 1. The van der Waals surface area contributed by atoms with Crippen LogP contribution in [0, 0.1) is 18.8 Å². The molecule has 2 atom stereocenters. The van der Waals surface area contributed by atoms with Crippen molar-refractivity contribution in [3.63, 3.8) is 0 Å². The Balaban J connectivity index is 2.30. The molecule has 0 radical (unpaired) electrons. The Morgan fingerprint density at radius 3 is 2.44 bits per heavy atom. The van der Waals surface area contributed by atoms with Crippen molar-refractivity contribution in [2.75, 3.05) is 11.9 Å². The highest BCUT2D eigenvalue weighted by molar-refractivity contribution is 7.16. The molecule has 25 heavy (non-hydrogen) atoms. The minimum atomic E-state index is -0.980. The van der Waals surface area contributed by atoms with Gasteiger partial charge in [0, 0.05) is 4.88 Å². The number of carboxylic acids is 1. The SMILES string of the molecule is CCOC(=O)c1c(NC(=O)[C@@H]2CC=CC[C@H]2C(=O)O)sc(C)c1CC. The number of ether oxygens (including phenoxy) is 1. The molecule has 1 aromatic heterocycles. The second kappa shape index (κ2) is 8.29. The van der Waals surface area contributed by atoms with Gasteiger partial charge in [0.1, 0.15) is 5.00 Å². The average molecular weight is 365 g/mol. The van der Waals surface area contributed by atoms with E-state index in [0.717, 1.165) is 10.4 Å². The third-order valence-corrected chi connectivity index (χ3v) is 5.43. The van der Waals surface area contributed by atoms with Gasteiger partial charge in [0.25, 0.3) is 0 Å². The first-order chi connectivity index (χ1) is 11.9. The van der Waals surface area contributed by atoms with E-state index in [9.17, 15) is 19.5 Å². The Kier molecular flexibility index (Phi) is 6.36. The van der Waals surface area contributed by atoms with Crippen molar-refractivity contribution in [2.45, 2.75) is 40.0 Å². The van der Waals surface area contributed by atoms with Crippen LogP contribution in [0.2, 0.25) is 0 Å². The fourth-order valence-corrected chi connectivity index (χ4v) is 4.23. The number of thiophene rings is 1. The van der Waals surface area contributed by atoms with Crippen molar-refractivity contribution in [3.8, 4) is 0 Å². The summed E-state index contributed by atoms with van der Waals surface area (Å²) >= 11 is 1.32. The van der Waals surface area contributed by atoms with Crippen molar-refractivity contribution in [1.29, 1.82) is 0 Å². The summed E-state index contributed by atoms with van der Waals surface area (Å²) in [4.78, 5) is 37.3. The fraction of sp³-hybridized carbons (Fsp3) is 0.500. The number of anilines is 1. The van der Waals surface area contributed by atoms with Gasteiger partial charge in [0.2, 0.25) is 5.91 Å². The Labute approximate surface area is 150 Å². The zero-order chi connectivity index (χ0) is 18.6. The second-order valence-corrected chi connectivity index (χ2v) is 7.12. The summed E-state index contributed by atoms with van der Waals surface area (Å²) in [5.74, 6) is -3.21. The van der Waals surface area contributed by atoms with Crippen LogP contribution in [0.4, 0.5) is 5.00 Å². The maximum atomic E-state index is 12.7. The topological polar surface area (TPSA) is 92.7 Å². The second-order valence-electron chi connectivity index (χ2n) is 5.90. The highest BCUT2D eigenvalue weighted by atomic mass is 32.1. The lowest BCUT2D eigenvalue weighted by Crippen LogP contribution is -2.34. The first-order valence-corrected chi connectivity index (χ1v) is 9.20. The summed E-state index contributed by atoms with van der Waals surface area (Å²) in [6.07, 6.45) is 4.98. The molecule has 2 rings (SSSR count). The molecular weight excluding hydrogens is 342 g/mol. The molecule has 0 saturated heterocycles. The number of hydrogen-bond donors (Lipinski definition) is 2. The third-order valence-electron chi connectivity index (χ3n) is 4.37. The zero-order valence-electron chi connectivity index (χ0n) is 14.6. The normalized spacial score (nSPS) is 19.5. The molecule has 2 N–H and O–H groups in total. The lowest BCUT2D eigenvalue weighted by molar-refractivity contribution is -0.146. The van der Waals surface area contributed by atoms with Gasteiger partial charge in [-0.1, -0.05) is 19.1 Å². The number of allylic oxidation sites excluding steroid dienone is 2. The van der Waals surface area contributed by atoms with E-state index >= 15 is 0 Å². The molecule has 136 valence electrons. The number of rotatable bonds is 6. The Morgan fingerprint density at radius 1 is 1.24 bits per heavy atom. The Morgan fingerprint density at radius 2 is 1.88 bits per heavy atom. The van der Waals surface area contributed by atoms with Crippen LogP contribution in [0.5, 0.6) is 0 Å². The Bertz CT molecular complexity index is 707. The van der Waals surface area contributed by atoms with Crippen molar-refractivity contribution >= 4 is 34.2 Å². The molecule has 0 fully saturated rings. The van der Waals surface area contributed by atoms with E-state index in [2.05, 4.69) is 5.32 Å². The number of nitrogens with one attached hydrogen (secondary N) is 1. The number of hydrogen-bond acceptors (Lipinski definition) is 5. The summed E-state index contributed by atoms with van der Waals surface area (Å²) in [6, 6.07) is 0. The third kappa shape index (κ3) is 4.10. The number of carbonyl (C=O) groups is 3. The van der Waals surface area contributed by atoms with Gasteiger partial charge in [-0.25, -0.2) is 4.79 Å². The molecule has 0 aliphatic heterocycles. The van der Waals surface area contributed by atoms with Crippen molar-refractivity contribution in [2.24, 2.45) is 11.8 Å². The van der Waals surface area contributed by atoms with E-state index in [1.165, 1.54) is 11.3 Å². The molecule has 0 saturated carbocycles. The summed E-state index contributed by atoms with van der Waals surface area (Å²) in [7, 11) is 0. The first-order valence-electron chi connectivity index (χ1n) is 8.38. The quantitative estimate of drug-likeness (QED) is 0.595. The lowest BCUT2D eigenvalue weighted by Gasteiger charge is -2.24. The standard InChI is InChI=1S/C18H23NO5S/c1-4-11-10(3)25-16(14(11)18(23)24-5-2)19-15(20)12-8-6-7-9-13(12)17(21)22/h6-7,12-13H,4-5,8-9H2,1-3H3,(H,19,20)(H,21,22)/t12-,13-/m1/s1. The van der Waals surface area contributed by atoms with Crippen LogP contribution in [0.15, 0.2) is 12.2 Å². The van der Waals surface area contributed by atoms with Crippen LogP contribution in [0.25, 0.3) is 0 Å². The predicted octanol–water partition coefficient (Wildman–Crippen LogP) is 3.40. The van der Waals surface area contributed by atoms with Gasteiger partial charge >= 0.3 is 11.9 Å². The van der Waals surface area contributed by atoms with Crippen LogP contribution < -0.4 is 5.32 Å². The van der Waals surface area contributed by atoms with Gasteiger partial charge in [0.15, 0.2) is 0 Å². The molecule has 6 nitrogen and oxygen atoms in total. The molecule has 1 aliphatic carbocycles. The highest BCUT2D eigenvalue weighted by Crippen LogP contribution is 2.35. The highest BCUT2D eigenvalue weighted by Gasteiger charge is 2.35. The maximum absolute atomic E-state index is 12.7. The largest absolute Gasteiger partial charge is 0.481 e. The molecule has 1 amide bonds. The van der Waals surface area contributed by atoms with Crippen LogP contribution in [0.1, 0.15) is 47.5 Å². The van der Waals surface area contributed by atoms with Gasteiger partial charge in [-0.15, -0.1) is 11.3 Å². The molecular formula is C18H23NO5S. The van der Waals surface area contributed by atoms with E-state index in [-0.39, 0.29) is 12.5 Å². The molecule has 7 heteroatoms. The minimum absolute atomic E-state index is 0.249. The van der Waals surface area contributed by atoms with Crippen LogP contribution in [0.3, 0.4) is 0 Å². The van der Waals surface area contributed by atoms with E-state index in [1.54, 1.807) is 13.0 Å². The molecule has 0 spiro atoms. The number of aliphatic carboxylic acids is 1. The van der Waals surface area contributed by atoms with E-state index in [4.69, 9.17) is 4.74 Å². The maximum Gasteiger partial charge on any atom is 0.341 e. The minimum Gasteiger partial charge on any atom is -0.481 e. The molecule has 0 unspecified atom stereocenters. The molecule has 0 bridgehead atoms. The molecule has 0 aromatic carbocycles. The van der Waals surface area contributed by atoms with Gasteiger partial charge in [-0.05, 0) is 38.7 Å². The zero-order valence-corrected chi connectivity index (χ0v) is 15.4. The van der Waals surface area contributed by atoms with E-state index < -0.39 is 23.8 Å². The number of carboxylic acid groups (broad SMARTS) is 1. The summed E-state index contributed by atoms with van der Waals surface area (Å²) < 4.78 is 5.12. The Hall–Kier alpha value is -2.15. The number of amides is 1. The van der Waals surface area contributed by atoms with Crippen LogP contribution >= 0.6 is 11.3 Å². The average Bonchev–Trinajstić information content (AvgIpc) is 2.90. The fourth-order valence-electron chi connectivity index (χ4n) is 3.09. The molecule has 1 aromatic rings. The van der Waals surface area contributed by atoms with Crippen LogP contribution in [-0.4, -0.2) is 29.6 Å². The monoisotopic (exact) mass is 365 g/mol. The first kappa shape index (κ1) is 19.2. The summed E-state index contributed by atoms with van der Waals surface area (Å²) in [5.41, 5.74) is 1.25. The van der Waals surface area contributed by atoms with Crippen molar-refractivity contribution in [1.82, 2.24) is 0 Å². The molecule has 1 aliphatic rings. The number of carbonyl (C=O) groups excluding carboxylic acids is 2. The van der Waals surface area contributed by atoms with Crippen molar-refractivity contribution in [3.05, 3.63) is 28.2 Å². The predicted molar refractivity (Wildman–Crippen MR) is 96.0 cm³/mol. The van der Waals surface area contributed by atoms with E-state index in [0.29, 0.717) is 29.8 Å². The van der Waals surface area contributed by atoms with Crippen molar-refractivity contribution < 1.29 is 24.2 Å². The van der Waals surface area contributed by atoms with Gasteiger partial charge in [-0.3, -0.25) is 9.59 Å². The van der Waals surface area contributed by atoms with Crippen LogP contribution in [-0.2, 0) is 20.7 Å². The molecule has 1 heterocycles. The van der Waals surface area contributed by atoms with Gasteiger partial charge in [-0.2, -0.15) is 0 Å². The van der Waals surface area contributed by atoms with E-state index in [1.807, 2.05) is 19.9 Å².